The molecule has 0 fully saturated rings. The highest BCUT2D eigenvalue weighted by Gasteiger charge is 2.49. The number of benzene rings is 7. The van der Waals surface area contributed by atoms with Gasteiger partial charge in [0.1, 0.15) is 35.3 Å². The first-order chi connectivity index (χ1) is 37.0. The zero-order valence-electron chi connectivity index (χ0n) is 41.6. The fourth-order valence-corrected chi connectivity index (χ4v) is 13.6. The molecule has 6 nitrogen and oxygen atoms in total. The van der Waals surface area contributed by atoms with Crippen molar-refractivity contribution >= 4 is 11.5 Å². The Balaban J connectivity index is 0.905. The number of anilines is 2. The molecule has 2 aliphatic carbocycles. The molecule has 0 N–H and O–H groups in total. The van der Waals surface area contributed by atoms with Crippen LogP contribution in [0.15, 0.2) is 231 Å². The molecule has 0 radical (unpaired) electrons. The van der Waals surface area contributed by atoms with E-state index in [0.29, 0.717) is 0 Å². The molecule has 0 saturated heterocycles. The molecule has 4 aliphatic heterocycles. The van der Waals surface area contributed by atoms with Crippen molar-refractivity contribution < 1.29 is 14.2 Å². The van der Waals surface area contributed by atoms with Gasteiger partial charge in [0, 0.05) is 52.5 Å². The molecule has 9 aromatic rings. The molecular weight excluding hydrogens is 919 g/mol. The minimum Gasteiger partial charge on any atom is -0.489 e. The second-order valence-electron chi connectivity index (χ2n) is 21.0. The van der Waals surface area contributed by atoms with Crippen LogP contribution < -0.4 is 19.1 Å². The summed E-state index contributed by atoms with van der Waals surface area (Å²) in [5.74, 6) is 4.21. The molecule has 75 heavy (non-hydrogen) atoms. The van der Waals surface area contributed by atoms with Gasteiger partial charge in [0.05, 0.1) is 17.5 Å². The molecule has 6 heterocycles. The van der Waals surface area contributed by atoms with Crippen LogP contribution in [0.25, 0.3) is 33.4 Å². The van der Waals surface area contributed by atoms with E-state index in [1.807, 2.05) is 31.5 Å². The first kappa shape index (κ1) is 43.8. The quantitative estimate of drug-likeness (QED) is 0.141. The number of rotatable bonds is 8. The molecule has 2 aromatic heterocycles. The molecular formula is C69H53N3O3. The molecule has 0 bridgehead atoms. The Morgan fingerprint density at radius 3 is 1.84 bits per heavy atom. The number of ether oxygens (including phenoxy) is 3. The highest BCUT2D eigenvalue weighted by molar-refractivity contribution is 5.85. The van der Waals surface area contributed by atoms with E-state index in [2.05, 4.69) is 206 Å². The molecule has 0 saturated carbocycles. The normalized spacial score (nSPS) is 22.9. The number of allylic oxidation sites excluding steroid dienone is 4. The molecule has 0 amide bonds. The lowest BCUT2D eigenvalue weighted by atomic mass is 9.70. The topological polar surface area (TPSA) is 56.7 Å². The largest absolute Gasteiger partial charge is 0.489 e. The van der Waals surface area contributed by atoms with Crippen LogP contribution in [0.1, 0.15) is 87.2 Å². The molecule has 6 heteroatoms. The molecule has 15 rings (SSSR count). The van der Waals surface area contributed by atoms with E-state index in [0.717, 1.165) is 75.1 Å². The van der Waals surface area contributed by atoms with E-state index in [-0.39, 0.29) is 48.0 Å². The summed E-state index contributed by atoms with van der Waals surface area (Å²) >= 11 is 0. The summed E-state index contributed by atoms with van der Waals surface area (Å²) in [7, 11) is 0. The Morgan fingerprint density at radius 2 is 1.13 bits per heavy atom. The number of aromatic nitrogens is 2. The van der Waals surface area contributed by atoms with Crippen LogP contribution in [-0.4, -0.2) is 28.4 Å². The first-order valence-electron chi connectivity index (χ1n) is 26.5. The van der Waals surface area contributed by atoms with E-state index in [9.17, 15) is 0 Å². The van der Waals surface area contributed by atoms with Crippen LogP contribution >= 0.6 is 0 Å². The number of hydrogen-bond acceptors (Lipinski definition) is 6. The standard InChI is InChI=1S/C69H53N3O3/c1-3-4-5-16-41(2)53-39-45-26-25-42(36-54(45)66-51-18-7-10-22-61(51)74-68(53)66)46-33-47(43-27-29-49-55(58-20-12-14-31-70-58)40-63-65(56(49)37-43)50-17-6-9-21-60(50)73-63)35-48(34-46)44-28-30-59-57(38-44)67-52-19-8-11-23-62(52)75-69(67)72(59)64-24-13-15-32-71-64/h3-38,53,55,63,65-69H,2,39-40H2,1H3/b4-3-,16-5-. The van der Waals surface area contributed by atoms with Crippen molar-refractivity contribution in [2.75, 3.05) is 4.90 Å². The van der Waals surface area contributed by atoms with Gasteiger partial charge in [0.25, 0.3) is 0 Å². The lowest BCUT2D eigenvalue weighted by Crippen LogP contribution is -2.36. The predicted molar refractivity (Wildman–Crippen MR) is 298 cm³/mol. The van der Waals surface area contributed by atoms with E-state index in [4.69, 9.17) is 24.2 Å². The summed E-state index contributed by atoms with van der Waals surface area (Å²) in [4.78, 5) is 12.0. The number of para-hydroxylation sites is 3. The number of hydrogen-bond donors (Lipinski definition) is 0. The second-order valence-corrected chi connectivity index (χ2v) is 21.0. The van der Waals surface area contributed by atoms with E-state index in [1.54, 1.807) is 0 Å². The van der Waals surface area contributed by atoms with E-state index >= 15 is 0 Å². The van der Waals surface area contributed by atoms with Gasteiger partial charge in [-0.2, -0.15) is 0 Å². The Kier molecular flexibility index (Phi) is 10.2. The van der Waals surface area contributed by atoms with Gasteiger partial charge >= 0.3 is 0 Å². The van der Waals surface area contributed by atoms with E-state index < -0.39 is 0 Å². The van der Waals surface area contributed by atoms with Gasteiger partial charge in [-0.25, -0.2) is 4.98 Å². The SMILES string of the molecule is C=C(/C=C\C=C/C)C1Cc2ccc(-c3cc(-c4ccc5c(c4)C4c6ccccc6OC4CC5c4ccccn4)cc(-c4ccc5c(c4)C4c6ccccc6OC4N5c4ccccn4)c3)cc2C2c3ccccc3OC12. The van der Waals surface area contributed by atoms with Crippen molar-refractivity contribution in [3.8, 4) is 50.6 Å². The maximum atomic E-state index is 6.92. The molecule has 6 aliphatic rings. The Hall–Kier alpha value is -8.74. The van der Waals surface area contributed by atoms with Crippen molar-refractivity contribution in [1.29, 1.82) is 0 Å². The summed E-state index contributed by atoms with van der Waals surface area (Å²) in [5, 5.41) is 0. The van der Waals surface area contributed by atoms with Gasteiger partial charge in [-0.3, -0.25) is 9.88 Å². The van der Waals surface area contributed by atoms with Crippen molar-refractivity contribution in [1.82, 2.24) is 9.97 Å². The molecule has 0 spiro atoms. The molecule has 8 unspecified atom stereocenters. The van der Waals surface area contributed by atoms with Crippen LogP contribution in [0.2, 0.25) is 0 Å². The van der Waals surface area contributed by atoms with Gasteiger partial charge in [-0.15, -0.1) is 0 Å². The highest BCUT2D eigenvalue weighted by Crippen LogP contribution is 2.57. The van der Waals surface area contributed by atoms with Gasteiger partial charge in [-0.05, 0) is 159 Å². The van der Waals surface area contributed by atoms with Crippen LogP contribution in [-0.2, 0) is 6.42 Å². The third-order valence-corrected chi connectivity index (χ3v) is 17.0. The predicted octanol–water partition coefficient (Wildman–Crippen LogP) is 15.7. The molecule has 362 valence electrons. The third kappa shape index (κ3) is 7.07. The third-order valence-electron chi connectivity index (χ3n) is 17.0. The van der Waals surface area contributed by atoms with Crippen LogP contribution in [0.5, 0.6) is 17.2 Å². The van der Waals surface area contributed by atoms with Crippen molar-refractivity contribution in [3.63, 3.8) is 0 Å². The first-order valence-corrected chi connectivity index (χ1v) is 26.5. The number of nitrogens with zero attached hydrogens (tertiary/aromatic N) is 3. The van der Waals surface area contributed by atoms with Crippen molar-refractivity contribution in [3.05, 3.63) is 281 Å². The highest BCUT2D eigenvalue weighted by atomic mass is 16.5. The smallest absolute Gasteiger partial charge is 0.188 e. The monoisotopic (exact) mass is 971 g/mol. The summed E-state index contributed by atoms with van der Waals surface area (Å²) in [6.45, 7) is 6.65. The Labute approximate surface area is 438 Å². The lowest BCUT2D eigenvalue weighted by molar-refractivity contribution is 0.156. The van der Waals surface area contributed by atoms with Crippen molar-refractivity contribution in [2.45, 2.75) is 61.9 Å². The minimum atomic E-state index is -0.242. The number of pyridine rings is 2. The average molecular weight is 972 g/mol. The fourth-order valence-electron chi connectivity index (χ4n) is 13.6. The molecule has 7 aromatic carbocycles. The maximum absolute atomic E-state index is 6.92. The summed E-state index contributed by atoms with van der Waals surface area (Å²) in [6.07, 6.45) is 13.6. The zero-order valence-corrected chi connectivity index (χ0v) is 41.6. The summed E-state index contributed by atoms with van der Waals surface area (Å²) in [6, 6.07) is 66.6. The zero-order chi connectivity index (χ0) is 49.7. The second kappa shape index (κ2) is 17.5. The van der Waals surface area contributed by atoms with Gasteiger partial charge < -0.3 is 14.2 Å². The lowest BCUT2D eigenvalue weighted by Gasteiger charge is -2.35. The van der Waals surface area contributed by atoms with Gasteiger partial charge in [0.2, 0.25) is 0 Å². The summed E-state index contributed by atoms with van der Waals surface area (Å²) in [5.41, 5.74) is 20.5. The maximum Gasteiger partial charge on any atom is 0.188 e. The van der Waals surface area contributed by atoms with Gasteiger partial charge in [0.15, 0.2) is 6.23 Å². The fraction of sp³-hybridized carbons (Fsp3) is 0.159. The molecule has 8 atom stereocenters. The van der Waals surface area contributed by atoms with E-state index in [1.165, 1.54) is 55.6 Å². The Morgan fingerprint density at radius 1 is 0.520 bits per heavy atom. The van der Waals surface area contributed by atoms with Crippen LogP contribution in [0, 0.1) is 5.92 Å². The summed E-state index contributed by atoms with van der Waals surface area (Å²) < 4.78 is 20.5. The van der Waals surface area contributed by atoms with Crippen LogP contribution in [0.3, 0.4) is 0 Å². The van der Waals surface area contributed by atoms with Crippen LogP contribution in [0.4, 0.5) is 11.5 Å². The average Bonchev–Trinajstić information content (AvgIpc) is 4.25. The van der Waals surface area contributed by atoms with Gasteiger partial charge in [-0.1, -0.05) is 140 Å². The minimum absolute atomic E-state index is 0.00891. The van der Waals surface area contributed by atoms with Crippen molar-refractivity contribution in [2.24, 2.45) is 5.92 Å². The number of fused-ring (bicyclic) bond motifs is 15. The Bertz CT molecular complexity index is 3830.